The lowest BCUT2D eigenvalue weighted by Crippen LogP contribution is -2.31. The number of carboxylic acids is 1. The summed E-state index contributed by atoms with van der Waals surface area (Å²) in [4.78, 5) is 15.7. The summed E-state index contributed by atoms with van der Waals surface area (Å²) >= 11 is 0. The first-order chi connectivity index (χ1) is 15.3. The Kier molecular flexibility index (Phi) is 7.41. The van der Waals surface area contributed by atoms with E-state index >= 15 is 0 Å². The number of halogens is 3. The number of aliphatic carboxylic acids is 1. The standard InChI is InChI=1S/C19H22N6.C2HF3O2/c1-2-25-19(20-14-21-25)13-24-11-10-18-16(12-24)17(22-23-18)9-8-15-6-4-3-5-7-15;3-2(4,5)1(6)7/h3-9,14H,2,10-13H2,1H3,(H,22,23);(H,6,7). The molecule has 0 unspecified atom stereocenters. The van der Waals surface area contributed by atoms with Gasteiger partial charge >= 0.3 is 12.1 Å². The van der Waals surface area contributed by atoms with Crippen LogP contribution in [0.25, 0.3) is 12.2 Å². The SMILES string of the molecule is CCn1ncnc1CN1CCc2[nH]nc(C=Cc3ccccc3)c2C1.O=C(O)C(F)(F)F. The number of aromatic amines is 1. The largest absolute Gasteiger partial charge is 0.490 e. The maximum absolute atomic E-state index is 10.6. The van der Waals surface area contributed by atoms with Gasteiger partial charge in [0, 0.05) is 37.3 Å². The fraction of sp³-hybridized carbons (Fsp3) is 0.333. The fourth-order valence-electron chi connectivity index (χ4n) is 3.26. The van der Waals surface area contributed by atoms with Gasteiger partial charge in [0.2, 0.25) is 0 Å². The number of aromatic nitrogens is 5. The summed E-state index contributed by atoms with van der Waals surface area (Å²) in [6.07, 6.45) is 1.76. The first-order valence-corrected chi connectivity index (χ1v) is 9.96. The maximum atomic E-state index is 10.6. The van der Waals surface area contributed by atoms with Crippen LogP contribution in [0.1, 0.15) is 35.3 Å². The van der Waals surface area contributed by atoms with E-state index in [4.69, 9.17) is 9.90 Å². The van der Waals surface area contributed by atoms with Crippen LogP contribution in [-0.4, -0.2) is 53.7 Å². The van der Waals surface area contributed by atoms with Crippen molar-refractivity contribution in [2.24, 2.45) is 0 Å². The van der Waals surface area contributed by atoms with Crippen molar-refractivity contribution in [2.45, 2.75) is 39.2 Å². The molecule has 3 aromatic rings. The lowest BCUT2D eigenvalue weighted by Gasteiger charge is -2.26. The van der Waals surface area contributed by atoms with Crippen LogP contribution in [0.3, 0.4) is 0 Å². The highest BCUT2D eigenvalue weighted by atomic mass is 19.4. The number of rotatable bonds is 5. The number of aryl methyl sites for hydroxylation is 1. The van der Waals surface area contributed by atoms with Crippen LogP contribution >= 0.6 is 0 Å². The summed E-state index contributed by atoms with van der Waals surface area (Å²) in [6, 6.07) is 10.3. The minimum atomic E-state index is -5.08. The van der Waals surface area contributed by atoms with Gasteiger partial charge in [0.05, 0.1) is 12.2 Å². The first kappa shape index (κ1) is 23.2. The van der Waals surface area contributed by atoms with E-state index in [1.54, 1.807) is 6.33 Å². The zero-order valence-corrected chi connectivity index (χ0v) is 17.4. The van der Waals surface area contributed by atoms with E-state index in [0.29, 0.717) is 0 Å². The van der Waals surface area contributed by atoms with E-state index in [1.807, 2.05) is 22.9 Å². The van der Waals surface area contributed by atoms with E-state index in [1.165, 1.54) is 16.8 Å². The third-order valence-electron chi connectivity index (χ3n) is 4.88. The quantitative estimate of drug-likeness (QED) is 0.621. The highest BCUT2D eigenvalue weighted by molar-refractivity contribution is 5.73. The molecule has 1 aromatic carbocycles. The van der Waals surface area contributed by atoms with Crippen molar-refractivity contribution >= 4 is 18.1 Å². The van der Waals surface area contributed by atoms with Crippen molar-refractivity contribution in [2.75, 3.05) is 6.54 Å². The van der Waals surface area contributed by atoms with Gasteiger partial charge in [-0.3, -0.25) is 10.00 Å². The molecule has 2 aromatic heterocycles. The van der Waals surface area contributed by atoms with Crippen LogP contribution in [0.5, 0.6) is 0 Å². The number of nitrogens with one attached hydrogen (secondary N) is 1. The molecule has 0 aliphatic carbocycles. The Hall–Kier alpha value is -3.47. The Morgan fingerprint density at radius 1 is 1.25 bits per heavy atom. The summed E-state index contributed by atoms with van der Waals surface area (Å²) in [6.45, 7) is 5.66. The number of alkyl halides is 3. The Morgan fingerprint density at radius 2 is 1.97 bits per heavy atom. The molecule has 1 aliphatic rings. The molecule has 2 N–H and O–H groups in total. The number of carbonyl (C=O) groups is 1. The molecule has 4 rings (SSSR count). The normalized spacial score (nSPS) is 14.1. The van der Waals surface area contributed by atoms with Gasteiger partial charge in [-0.05, 0) is 18.6 Å². The summed E-state index contributed by atoms with van der Waals surface area (Å²) in [5, 5.41) is 19.1. The highest BCUT2D eigenvalue weighted by Crippen LogP contribution is 2.23. The van der Waals surface area contributed by atoms with E-state index in [-0.39, 0.29) is 0 Å². The molecular formula is C21H23F3N6O2. The molecule has 0 bridgehead atoms. The molecule has 11 heteroatoms. The average molecular weight is 448 g/mol. The maximum Gasteiger partial charge on any atom is 0.490 e. The second-order valence-corrected chi connectivity index (χ2v) is 7.07. The Morgan fingerprint density at radius 3 is 2.62 bits per heavy atom. The predicted molar refractivity (Wildman–Crippen MR) is 111 cm³/mol. The van der Waals surface area contributed by atoms with Gasteiger partial charge in [0.25, 0.3) is 0 Å². The van der Waals surface area contributed by atoms with Crippen LogP contribution < -0.4 is 0 Å². The van der Waals surface area contributed by atoms with Crippen molar-refractivity contribution in [3.8, 4) is 0 Å². The highest BCUT2D eigenvalue weighted by Gasteiger charge is 2.38. The van der Waals surface area contributed by atoms with Gasteiger partial charge < -0.3 is 5.11 Å². The molecule has 0 saturated heterocycles. The fourth-order valence-corrected chi connectivity index (χ4v) is 3.26. The minimum absolute atomic E-state index is 0.820. The number of H-pyrrole nitrogens is 1. The molecule has 8 nitrogen and oxygen atoms in total. The molecule has 0 spiro atoms. The van der Waals surface area contributed by atoms with Crippen molar-refractivity contribution in [1.29, 1.82) is 0 Å². The smallest absolute Gasteiger partial charge is 0.475 e. The lowest BCUT2D eigenvalue weighted by molar-refractivity contribution is -0.192. The summed E-state index contributed by atoms with van der Waals surface area (Å²) in [7, 11) is 0. The third kappa shape index (κ3) is 6.03. The van der Waals surface area contributed by atoms with Gasteiger partial charge in [-0.2, -0.15) is 23.4 Å². The molecule has 32 heavy (non-hydrogen) atoms. The van der Waals surface area contributed by atoms with Crippen LogP contribution in [0, 0.1) is 0 Å². The van der Waals surface area contributed by atoms with Crippen LogP contribution in [0.15, 0.2) is 36.7 Å². The number of benzene rings is 1. The van der Waals surface area contributed by atoms with E-state index in [2.05, 4.69) is 56.4 Å². The number of hydrogen-bond acceptors (Lipinski definition) is 5. The molecule has 0 atom stereocenters. The second-order valence-electron chi connectivity index (χ2n) is 7.07. The molecule has 1 aliphatic heterocycles. The Bertz CT molecular complexity index is 1060. The number of carboxylic acid groups (broad SMARTS) is 1. The van der Waals surface area contributed by atoms with Crippen LogP contribution in [-0.2, 0) is 30.8 Å². The van der Waals surface area contributed by atoms with Gasteiger partial charge in [-0.15, -0.1) is 0 Å². The zero-order chi connectivity index (χ0) is 23.1. The van der Waals surface area contributed by atoms with Gasteiger partial charge in [-0.1, -0.05) is 36.4 Å². The molecule has 0 saturated carbocycles. The Balaban J connectivity index is 0.000000360. The molecule has 0 fully saturated rings. The summed E-state index contributed by atoms with van der Waals surface area (Å²) in [5.74, 6) is -1.73. The van der Waals surface area contributed by atoms with Gasteiger partial charge in [-0.25, -0.2) is 14.5 Å². The molecule has 3 heterocycles. The van der Waals surface area contributed by atoms with Gasteiger partial charge in [0.15, 0.2) is 0 Å². The van der Waals surface area contributed by atoms with Crippen molar-refractivity contribution in [3.63, 3.8) is 0 Å². The van der Waals surface area contributed by atoms with Crippen LogP contribution in [0.4, 0.5) is 13.2 Å². The summed E-state index contributed by atoms with van der Waals surface area (Å²) < 4.78 is 33.7. The molecular weight excluding hydrogens is 425 g/mol. The number of nitrogens with zero attached hydrogens (tertiary/aromatic N) is 5. The number of hydrogen-bond donors (Lipinski definition) is 2. The predicted octanol–water partition coefficient (Wildman–Crippen LogP) is 3.38. The second kappa shape index (κ2) is 10.2. The van der Waals surface area contributed by atoms with E-state index in [9.17, 15) is 13.2 Å². The van der Waals surface area contributed by atoms with Crippen molar-refractivity contribution < 1.29 is 23.1 Å². The van der Waals surface area contributed by atoms with Crippen molar-refractivity contribution in [3.05, 3.63) is 65.0 Å². The molecule has 170 valence electrons. The monoisotopic (exact) mass is 448 g/mol. The molecule has 0 radical (unpaired) electrons. The third-order valence-corrected chi connectivity index (χ3v) is 4.88. The van der Waals surface area contributed by atoms with Crippen LogP contribution in [0.2, 0.25) is 0 Å². The van der Waals surface area contributed by atoms with E-state index in [0.717, 1.165) is 44.1 Å². The van der Waals surface area contributed by atoms with Gasteiger partial charge in [0.1, 0.15) is 12.2 Å². The number of fused-ring (bicyclic) bond motifs is 1. The first-order valence-electron chi connectivity index (χ1n) is 9.96. The average Bonchev–Trinajstić information content (AvgIpc) is 3.39. The molecule has 0 amide bonds. The minimum Gasteiger partial charge on any atom is -0.475 e. The topological polar surface area (TPSA) is 99.9 Å². The Labute approximate surface area is 182 Å². The zero-order valence-electron chi connectivity index (χ0n) is 17.4. The van der Waals surface area contributed by atoms with Crippen molar-refractivity contribution in [1.82, 2.24) is 29.9 Å². The lowest BCUT2D eigenvalue weighted by atomic mass is 10.0. The summed E-state index contributed by atoms with van der Waals surface area (Å²) in [5.41, 5.74) is 4.75. The van der Waals surface area contributed by atoms with E-state index < -0.39 is 12.1 Å².